The highest BCUT2D eigenvalue weighted by molar-refractivity contribution is 6.42. The van der Waals surface area contributed by atoms with Gasteiger partial charge in [-0.25, -0.2) is 0 Å². The average molecular weight is 517 g/mol. The molecule has 5 nitrogen and oxygen atoms in total. The number of hydrogen-bond donors (Lipinski definition) is 0. The fraction of sp³-hybridized carbons (Fsp3) is 0.576. The lowest BCUT2D eigenvalue weighted by molar-refractivity contribution is -0.215. The van der Waals surface area contributed by atoms with Crippen LogP contribution in [-0.4, -0.2) is 34.8 Å². The van der Waals surface area contributed by atoms with Crippen molar-refractivity contribution in [3.05, 3.63) is 59.2 Å². The molecule has 6 rings (SSSR count). The van der Waals surface area contributed by atoms with Crippen molar-refractivity contribution in [2.24, 2.45) is 33.5 Å². The van der Waals surface area contributed by atoms with Crippen LogP contribution < -0.4 is 0 Å². The van der Waals surface area contributed by atoms with Gasteiger partial charge in [0.2, 0.25) is 0 Å². The van der Waals surface area contributed by atoms with E-state index in [-0.39, 0.29) is 30.6 Å². The summed E-state index contributed by atoms with van der Waals surface area (Å²) in [4.78, 5) is 59.5. The van der Waals surface area contributed by atoms with Crippen molar-refractivity contribution in [1.29, 1.82) is 0 Å². The Morgan fingerprint density at radius 1 is 0.868 bits per heavy atom. The van der Waals surface area contributed by atoms with E-state index in [1.54, 1.807) is 24.3 Å². The van der Waals surface area contributed by atoms with Crippen molar-refractivity contribution in [3.63, 3.8) is 0 Å². The van der Waals surface area contributed by atoms with Gasteiger partial charge in [-0.1, -0.05) is 67.5 Å². The Bertz CT molecular complexity index is 1310. The van der Waals surface area contributed by atoms with Gasteiger partial charge in [-0.15, -0.1) is 0 Å². The van der Waals surface area contributed by atoms with Gasteiger partial charge in [0.15, 0.2) is 28.5 Å². The van der Waals surface area contributed by atoms with Crippen LogP contribution in [0.4, 0.5) is 0 Å². The Labute approximate surface area is 226 Å². The van der Waals surface area contributed by atoms with Crippen molar-refractivity contribution in [2.45, 2.75) is 86.4 Å². The molecule has 0 radical (unpaired) electrons. The van der Waals surface area contributed by atoms with Crippen molar-refractivity contribution in [2.75, 3.05) is 0 Å². The Morgan fingerprint density at radius 3 is 1.95 bits per heavy atom. The highest BCUT2D eigenvalue weighted by Crippen LogP contribution is 2.77. The topological polar surface area (TPSA) is 80.8 Å². The van der Waals surface area contributed by atoms with Crippen LogP contribution in [0.2, 0.25) is 0 Å². The summed E-state index contributed by atoms with van der Waals surface area (Å²) < 4.78 is 6.18. The molecule has 4 saturated carbocycles. The molecule has 5 fully saturated rings. The number of benzene rings is 1. The molecule has 0 N–H and O–H groups in total. The minimum atomic E-state index is -1.92. The van der Waals surface area contributed by atoms with Crippen molar-refractivity contribution < 1.29 is 23.9 Å². The van der Waals surface area contributed by atoms with E-state index >= 15 is 4.79 Å². The third kappa shape index (κ3) is 3.08. The van der Waals surface area contributed by atoms with Gasteiger partial charge in [0, 0.05) is 11.5 Å². The number of Topliss-reactive ketones (excluding diaryl/α,β-unsaturated/α-hetero) is 4. The fourth-order valence-corrected chi connectivity index (χ4v) is 8.24. The number of rotatable bonds is 7. The van der Waals surface area contributed by atoms with Crippen molar-refractivity contribution in [3.8, 4) is 0 Å². The second kappa shape index (κ2) is 8.17. The predicted octanol–water partition coefficient (Wildman–Crippen LogP) is 6.12. The number of ether oxygens (including phenoxy) is 1. The third-order valence-corrected chi connectivity index (χ3v) is 10.3. The molecule has 2 unspecified atom stereocenters. The lowest BCUT2D eigenvalue weighted by Gasteiger charge is -2.71. The maximum atomic E-state index is 15.2. The first kappa shape index (κ1) is 26.9. The second-order valence-electron chi connectivity index (χ2n) is 13.7. The molecular formula is C33H40O5. The summed E-state index contributed by atoms with van der Waals surface area (Å²) in [6.45, 7) is 15.6. The summed E-state index contributed by atoms with van der Waals surface area (Å²) in [6.07, 6.45) is 4.34. The molecule has 0 spiro atoms. The maximum absolute atomic E-state index is 15.2. The monoisotopic (exact) mass is 516 g/mol. The summed E-state index contributed by atoms with van der Waals surface area (Å²) in [5, 5.41) is 0. The van der Waals surface area contributed by atoms with Gasteiger partial charge in [0.25, 0.3) is 0 Å². The summed E-state index contributed by atoms with van der Waals surface area (Å²) in [5.74, 6) is -2.37. The number of ketones is 4. The van der Waals surface area contributed by atoms with Crippen LogP contribution in [0.5, 0.6) is 0 Å². The van der Waals surface area contributed by atoms with E-state index in [1.807, 2.05) is 73.6 Å². The van der Waals surface area contributed by atoms with Crippen LogP contribution >= 0.6 is 0 Å². The van der Waals surface area contributed by atoms with Crippen LogP contribution in [-0.2, 0) is 19.1 Å². The Morgan fingerprint density at radius 2 is 1.42 bits per heavy atom. The average Bonchev–Trinajstić information content (AvgIpc) is 3.48. The summed E-state index contributed by atoms with van der Waals surface area (Å²) in [7, 11) is 0. The zero-order valence-electron chi connectivity index (χ0n) is 23.9. The molecule has 5 heteroatoms. The molecule has 1 aromatic rings. The zero-order valence-corrected chi connectivity index (χ0v) is 23.9. The Hall–Kier alpha value is -2.66. The van der Waals surface area contributed by atoms with Crippen LogP contribution in [0.3, 0.4) is 0 Å². The van der Waals surface area contributed by atoms with Crippen molar-refractivity contribution in [1.82, 2.24) is 0 Å². The molecule has 202 valence electrons. The Balaban J connectivity index is 1.86. The first-order valence-corrected chi connectivity index (χ1v) is 13.8. The lowest BCUT2D eigenvalue weighted by Crippen LogP contribution is -2.84. The van der Waals surface area contributed by atoms with E-state index < -0.39 is 50.5 Å². The van der Waals surface area contributed by atoms with Crippen LogP contribution in [0, 0.1) is 33.5 Å². The minimum absolute atomic E-state index is 0.188. The maximum Gasteiger partial charge on any atom is 0.184 e. The van der Waals surface area contributed by atoms with Gasteiger partial charge >= 0.3 is 0 Å². The van der Waals surface area contributed by atoms with E-state index in [0.29, 0.717) is 12.0 Å². The molecule has 0 amide bonds. The highest BCUT2D eigenvalue weighted by Gasteiger charge is 2.88. The quantitative estimate of drug-likeness (QED) is 0.189. The molecule has 4 aliphatic carbocycles. The zero-order chi connectivity index (χ0) is 28.1. The molecule has 38 heavy (non-hydrogen) atoms. The molecule has 1 aliphatic heterocycles. The predicted molar refractivity (Wildman–Crippen MR) is 146 cm³/mol. The number of carbonyl (C=O) groups is 4. The number of hydrogen-bond acceptors (Lipinski definition) is 5. The highest BCUT2D eigenvalue weighted by atomic mass is 16.6. The SMILES string of the molecule is CC(C)=CC[C@]12C[C@@H]3C(C4OC4(C)C)[C@](CC=C(C)C)(C1=O)C(=O)[C@](C(=O)c1ccccc1)(C2=O)C3(C)C. The molecule has 5 aliphatic rings. The number of epoxide rings is 1. The minimum Gasteiger partial charge on any atom is -0.366 e. The van der Waals surface area contributed by atoms with E-state index in [9.17, 15) is 14.4 Å². The molecule has 1 saturated heterocycles. The summed E-state index contributed by atoms with van der Waals surface area (Å²) in [6, 6.07) is 8.67. The van der Waals surface area contributed by atoms with E-state index in [0.717, 1.165) is 11.1 Å². The van der Waals surface area contributed by atoms with Gasteiger partial charge in [0.1, 0.15) is 0 Å². The van der Waals surface area contributed by atoms with Gasteiger partial charge in [-0.05, 0) is 72.1 Å². The molecule has 1 aromatic carbocycles. The van der Waals surface area contributed by atoms with E-state index in [2.05, 4.69) is 0 Å². The molecule has 1 heterocycles. The molecular weight excluding hydrogens is 476 g/mol. The van der Waals surface area contributed by atoms with Crippen LogP contribution in [0.25, 0.3) is 0 Å². The van der Waals surface area contributed by atoms with Crippen molar-refractivity contribution >= 4 is 23.1 Å². The Kier molecular flexibility index (Phi) is 5.79. The normalized spacial score (nSPS) is 37.7. The third-order valence-electron chi connectivity index (χ3n) is 10.3. The second-order valence-corrected chi connectivity index (χ2v) is 13.7. The smallest absolute Gasteiger partial charge is 0.184 e. The lowest BCUT2D eigenvalue weighted by atomic mass is 9.26. The molecule has 4 bridgehead atoms. The number of allylic oxidation sites excluding steroid dienone is 4. The number of carbonyl (C=O) groups excluding carboxylic acids is 4. The van der Waals surface area contributed by atoms with Gasteiger partial charge in [0.05, 0.1) is 22.5 Å². The van der Waals surface area contributed by atoms with Crippen LogP contribution in [0.1, 0.15) is 85.0 Å². The largest absolute Gasteiger partial charge is 0.366 e. The van der Waals surface area contributed by atoms with E-state index in [4.69, 9.17) is 4.74 Å². The van der Waals surface area contributed by atoms with Crippen LogP contribution in [0.15, 0.2) is 53.6 Å². The summed E-state index contributed by atoms with van der Waals surface area (Å²) >= 11 is 0. The standard InChI is InChI=1S/C33H40O5/c1-19(2)14-16-31-18-22-23(25-30(7,8)38-25)32(26(31)35,17-15-20(3)4)28(37)33(27(31)36,29(22,5)6)24(34)21-12-10-9-11-13-21/h9-15,22-23,25H,16-18H2,1-8H3/t22-,23?,25?,31+,32-,33+/m1/s1. The van der Waals surface area contributed by atoms with Gasteiger partial charge in [-0.2, -0.15) is 0 Å². The summed E-state index contributed by atoms with van der Waals surface area (Å²) in [5.41, 5.74) is -3.94. The fourth-order valence-electron chi connectivity index (χ4n) is 8.24. The molecule has 6 atom stereocenters. The van der Waals surface area contributed by atoms with Gasteiger partial charge < -0.3 is 4.74 Å². The first-order chi connectivity index (χ1) is 17.6. The first-order valence-electron chi connectivity index (χ1n) is 13.8. The molecule has 0 aromatic heterocycles. The van der Waals surface area contributed by atoms with E-state index in [1.165, 1.54) is 0 Å². The van der Waals surface area contributed by atoms with Gasteiger partial charge in [-0.3, -0.25) is 19.2 Å².